The van der Waals surface area contributed by atoms with Crippen LogP contribution in [-0.2, 0) is 4.79 Å². The average Bonchev–Trinajstić information content (AvgIpc) is 2.74. The predicted molar refractivity (Wildman–Crippen MR) is 66.1 cm³/mol. The van der Waals surface area contributed by atoms with E-state index >= 15 is 0 Å². The minimum absolute atomic E-state index is 0.0160. The van der Waals surface area contributed by atoms with Gasteiger partial charge in [-0.15, -0.1) is 0 Å². The Kier molecular flexibility index (Phi) is 3.57. The number of benzene rings is 1. The van der Waals surface area contributed by atoms with E-state index < -0.39 is 0 Å². The fourth-order valence-corrected chi connectivity index (χ4v) is 2.19. The van der Waals surface area contributed by atoms with Gasteiger partial charge in [0, 0.05) is 36.7 Å². The number of nitrogens with one attached hydrogen (secondary N) is 2. The molecule has 1 heterocycles. The molecule has 1 aliphatic rings. The Morgan fingerprint density at radius 2 is 2.22 bits per heavy atom. The Morgan fingerprint density at radius 3 is 2.83 bits per heavy atom. The molecule has 6 heteroatoms. The number of nitro benzene ring substituents is 1. The van der Waals surface area contributed by atoms with Crippen LogP contribution in [0.25, 0.3) is 0 Å². The summed E-state index contributed by atoms with van der Waals surface area (Å²) in [6.45, 7) is 2.44. The molecule has 6 nitrogen and oxygen atoms in total. The van der Waals surface area contributed by atoms with E-state index in [4.69, 9.17) is 0 Å². The first-order valence-electron chi connectivity index (χ1n) is 5.84. The molecule has 0 saturated carbocycles. The fraction of sp³-hybridized carbons (Fsp3) is 0.417. The fourth-order valence-electron chi connectivity index (χ4n) is 2.19. The van der Waals surface area contributed by atoms with Crippen LogP contribution in [0, 0.1) is 10.1 Å². The molecule has 2 atom stereocenters. The van der Waals surface area contributed by atoms with Crippen LogP contribution in [0.4, 0.5) is 5.69 Å². The summed E-state index contributed by atoms with van der Waals surface area (Å²) in [7, 11) is 0. The number of para-hydroxylation sites is 1. The molecule has 0 radical (unpaired) electrons. The predicted octanol–water partition coefficient (Wildman–Crippen LogP) is 1.13. The van der Waals surface area contributed by atoms with Gasteiger partial charge in [-0.1, -0.05) is 18.2 Å². The molecule has 1 saturated heterocycles. The second kappa shape index (κ2) is 5.14. The molecule has 2 N–H and O–H groups in total. The Labute approximate surface area is 105 Å². The first-order chi connectivity index (χ1) is 8.58. The number of carbonyl (C=O) groups is 1. The van der Waals surface area contributed by atoms with Gasteiger partial charge in [0.2, 0.25) is 5.91 Å². The van der Waals surface area contributed by atoms with Crippen molar-refractivity contribution >= 4 is 11.6 Å². The lowest BCUT2D eigenvalue weighted by Crippen LogP contribution is -2.33. The van der Waals surface area contributed by atoms with Gasteiger partial charge in [-0.3, -0.25) is 14.9 Å². The summed E-state index contributed by atoms with van der Waals surface area (Å²) in [4.78, 5) is 21.6. The number of rotatable bonds is 4. The third-order valence-corrected chi connectivity index (χ3v) is 3.06. The molecule has 2 rings (SSSR count). The summed E-state index contributed by atoms with van der Waals surface area (Å²) in [5.41, 5.74) is 0.747. The molecule has 0 bridgehead atoms. The van der Waals surface area contributed by atoms with Crippen molar-refractivity contribution in [2.24, 2.45) is 0 Å². The van der Waals surface area contributed by atoms with Crippen LogP contribution in [0.5, 0.6) is 0 Å². The molecular formula is C12H15N3O3. The standard InChI is InChI=1S/C12H15N3O3/c1-8(14-9-6-12(16)13-7-9)10-4-2-3-5-11(10)15(17)18/h2-5,8-9,14H,6-7H2,1H3,(H,13,16). The van der Waals surface area contributed by atoms with Gasteiger partial charge >= 0.3 is 0 Å². The summed E-state index contributed by atoms with van der Waals surface area (Å²) in [5.74, 6) is 0.0160. The second-order valence-corrected chi connectivity index (χ2v) is 4.41. The van der Waals surface area contributed by atoms with Crippen LogP contribution in [0.2, 0.25) is 0 Å². The van der Waals surface area contributed by atoms with Crippen molar-refractivity contribution < 1.29 is 9.72 Å². The molecule has 0 aromatic heterocycles. The van der Waals surface area contributed by atoms with Crippen molar-refractivity contribution in [1.82, 2.24) is 10.6 Å². The molecule has 2 unspecified atom stereocenters. The molecule has 1 amide bonds. The molecule has 96 valence electrons. The van der Waals surface area contributed by atoms with Crippen molar-refractivity contribution in [2.45, 2.75) is 25.4 Å². The van der Waals surface area contributed by atoms with E-state index in [9.17, 15) is 14.9 Å². The average molecular weight is 249 g/mol. The Bertz CT molecular complexity index is 475. The zero-order valence-electron chi connectivity index (χ0n) is 10.1. The summed E-state index contributed by atoms with van der Waals surface area (Å²) in [6, 6.07) is 6.52. The van der Waals surface area contributed by atoms with Gasteiger partial charge in [0.1, 0.15) is 0 Å². The lowest BCUT2D eigenvalue weighted by molar-refractivity contribution is -0.385. The summed E-state index contributed by atoms with van der Waals surface area (Å²) in [6.07, 6.45) is 0.422. The maximum atomic E-state index is 11.1. The highest BCUT2D eigenvalue weighted by atomic mass is 16.6. The molecule has 0 spiro atoms. The van der Waals surface area contributed by atoms with E-state index in [1.807, 2.05) is 6.92 Å². The maximum absolute atomic E-state index is 11.1. The second-order valence-electron chi connectivity index (χ2n) is 4.41. The van der Waals surface area contributed by atoms with E-state index in [-0.39, 0.29) is 28.6 Å². The highest BCUT2D eigenvalue weighted by Gasteiger charge is 2.25. The SMILES string of the molecule is CC(NC1CNC(=O)C1)c1ccccc1[N+](=O)[O-]. The van der Waals surface area contributed by atoms with Crippen LogP contribution in [0.15, 0.2) is 24.3 Å². The number of hydrogen-bond donors (Lipinski definition) is 2. The number of nitro groups is 1. The van der Waals surface area contributed by atoms with Crippen LogP contribution in [0.3, 0.4) is 0 Å². The normalized spacial score (nSPS) is 20.5. The Balaban J connectivity index is 2.11. The van der Waals surface area contributed by atoms with Crippen molar-refractivity contribution in [3.8, 4) is 0 Å². The number of hydrogen-bond acceptors (Lipinski definition) is 4. The lowest BCUT2D eigenvalue weighted by atomic mass is 10.0. The van der Waals surface area contributed by atoms with Crippen molar-refractivity contribution in [3.05, 3.63) is 39.9 Å². The summed E-state index contributed by atoms with van der Waals surface area (Å²) >= 11 is 0. The molecule has 18 heavy (non-hydrogen) atoms. The van der Waals surface area contributed by atoms with Gasteiger partial charge in [-0.2, -0.15) is 0 Å². The number of carbonyl (C=O) groups excluding carboxylic acids is 1. The number of nitrogens with zero attached hydrogens (tertiary/aromatic N) is 1. The Hall–Kier alpha value is -1.95. The van der Waals surface area contributed by atoms with E-state index in [0.29, 0.717) is 18.5 Å². The third-order valence-electron chi connectivity index (χ3n) is 3.06. The van der Waals surface area contributed by atoms with Crippen molar-refractivity contribution in [1.29, 1.82) is 0 Å². The van der Waals surface area contributed by atoms with Gasteiger partial charge in [0.05, 0.1) is 4.92 Å². The minimum Gasteiger partial charge on any atom is -0.354 e. The maximum Gasteiger partial charge on any atom is 0.274 e. The van der Waals surface area contributed by atoms with Gasteiger partial charge in [0.15, 0.2) is 0 Å². The van der Waals surface area contributed by atoms with Gasteiger partial charge in [-0.05, 0) is 6.92 Å². The summed E-state index contributed by atoms with van der Waals surface area (Å²) < 4.78 is 0. The van der Waals surface area contributed by atoms with E-state index in [0.717, 1.165) is 0 Å². The summed E-state index contributed by atoms with van der Waals surface area (Å²) in [5, 5.41) is 16.9. The molecule has 1 aliphatic heterocycles. The third kappa shape index (κ3) is 2.65. The number of amides is 1. The highest BCUT2D eigenvalue weighted by Crippen LogP contribution is 2.25. The van der Waals surface area contributed by atoms with Gasteiger partial charge in [0.25, 0.3) is 5.69 Å². The van der Waals surface area contributed by atoms with Crippen LogP contribution < -0.4 is 10.6 Å². The molecule has 1 fully saturated rings. The lowest BCUT2D eigenvalue weighted by Gasteiger charge is -2.18. The molecular weight excluding hydrogens is 234 g/mol. The first kappa shape index (κ1) is 12.5. The van der Waals surface area contributed by atoms with E-state index in [2.05, 4.69) is 10.6 Å². The smallest absolute Gasteiger partial charge is 0.274 e. The van der Waals surface area contributed by atoms with Crippen LogP contribution >= 0.6 is 0 Å². The Morgan fingerprint density at radius 1 is 1.50 bits per heavy atom. The van der Waals surface area contributed by atoms with E-state index in [1.54, 1.807) is 18.2 Å². The van der Waals surface area contributed by atoms with Crippen LogP contribution in [0.1, 0.15) is 24.9 Å². The van der Waals surface area contributed by atoms with Crippen molar-refractivity contribution in [3.63, 3.8) is 0 Å². The topological polar surface area (TPSA) is 84.3 Å². The van der Waals surface area contributed by atoms with E-state index in [1.165, 1.54) is 6.07 Å². The highest BCUT2D eigenvalue weighted by molar-refractivity contribution is 5.78. The zero-order valence-corrected chi connectivity index (χ0v) is 10.1. The largest absolute Gasteiger partial charge is 0.354 e. The first-order valence-corrected chi connectivity index (χ1v) is 5.84. The molecule has 1 aromatic rings. The van der Waals surface area contributed by atoms with Gasteiger partial charge in [-0.25, -0.2) is 0 Å². The molecule has 0 aliphatic carbocycles. The minimum atomic E-state index is -0.383. The zero-order chi connectivity index (χ0) is 13.1. The van der Waals surface area contributed by atoms with Gasteiger partial charge < -0.3 is 10.6 Å². The molecule has 1 aromatic carbocycles. The quantitative estimate of drug-likeness (QED) is 0.619. The monoisotopic (exact) mass is 249 g/mol. The van der Waals surface area contributed by atoms with Crippen LogP contribution in [-0.4, -0.2) is 23.4 Å². The van der Waals surface area contributed by atoms with Crippen molar-refractivity contribution in [2.75, 3.05) is 6.54 Å².